The van der Waals surface area contributed by atoms with Crippen LogP contribution in [-0.4, -0.2) is 44.9 Å². The lowest BCUT2D eigenvalue weighted by molar-refractivity contribution is 0.287. The Balaban J connectivity index is 1.27. The molecule has 0 aliphatic carbocycles. The number of H-pyrrole nitrogens is 1. The van der Waals surface area contributed by atoms with Gasteiger partial charge in [-0.25, -0.2) is 9.97 Å². The predicted molar refractivity (Wildman–Crippen MR) is 127 cm³/mol. The molecular weight excluding hydrogens is 399 g/mol. The Kier molecular flexibility index (Phi) is 5.92. The SMILES string of the molecule is CB(O)N1CCC(c2ccc3nc(-c4ccc(OCc5ccccc5)cc4)[nH]c3n2)CC1. The van der Waals surface area contributed by atoms with E-state index in [9.17, 15) is 5.02 Å². The molecule has 2 N–H and O–H groups in total. The van der Waals surface area contributed by atoms with Crippen molar-refractivity contribution in [2.75, 3.05) is 13.1 Å². The maximum absolute atomic E-state index is 9.77. The van der Waals surface area contributed by atoms with Gasteiger partial charge in [0.2, 0.25) is 0 Å². The average Bonchev–Trinajstić information content (AvgIpc) is 3.27. The fourth-order valence-electron chi connectivity index (χ4n) is 4.29. The van der Waals surface area contributed by atoms with Crippen molar-refractivity contribution in [1.82, 2.24) is 19.8 Å². The van der Waals surface area contributed by atoms with Crippen molar-refractivity contribution in [2.45, 2.75) is 32.2 Å². The lowest BCUT2D eigenvalue weighted by Crippen LogP contribution is -2.42. The average molecular weight is 426 g/mol. The third-order valence-electron chi connectivity index (χ3n) is 6.22. The van der Waals surface area contributed by atoms with Gasteiger partial charge in [0.05, 0.1) is 0 Å². The van der Waals surface area contributed by atoms with Gasteiger partial charge in [0.15, 0.2) is 5.65 Å². The summed E-state index contributed by atoms with van der Waals surface area (Å²) in [7, 11) is -0.378. The van der Waals surface area contributed by atoms with E-state index >= 15 is 0 Å². The smallest absolute Gasteiger partial charge is 0.376 e. The standard InChI is InChI=1S/C25H27BN4O2/c1-26(31)30-15-13-19(14-16-30)22-11-12-23-25(27-22)29-24(28-23)20-7-9-21(10-8-20)32-17-18-5-3-2-4-6-18/h2-12,19,31H,13-17H2,1H3,(H,27,28,29). The second-order valence-electron chi connectivity index (χ2n) is 8.43. The lowest BCUT2D eigenvalue weighted by atomic mass is 9.80. The van der Waals surface area contributed by atoms with Crippen LogP contribution in [0, 0.1) is 0 Å². The molecule has 7 heteroatoms. The highest BCUT2D eigenvalue weighted by Crippen LogP contribution is 2.29. The molecule has 3 heterocycles. The summed E-state index contributed by atoms with van der Waals surface area (Å²) in [5.74, 6) is 2.06. The number of fused-ring (bicyclic) bond motifs is 1. The molecule has 1 aliphatic rings. The molecule has 2 aromatic carbocycles. The van der Waals surface area contributed by atoms with E-state index < -0.39 is 0 Å². The molecule has 1 saturated heterocycles. The van der Waals surface area contributed by atoms with Crippen molar-refractivity contribution in [1.29, 1.82) is 0 Å². The first kappa shape index (κ1) is 20.7. The number of rotatable bonds is 6. The number of piperidine rings is 1. The molecule has 0 amide bonds. The van der Waals surface area contributed by atoms with Crippen LogP contribution < -0.4 is 4.74 Å². The van der Waals surface area contributed by atoms with E-state index in [-0.39, 0.29) is 7.05 Å². The van der Waals surface area contributed by atoms with Gasteiger partial charge >= 0.3 is 7.05 Å². The molecule has 5 rings (SSSR count). The molecule has 1 aliphatic heterocycles. The molecule has 0 saturated carbocycles. The number of nitrogens with one attached hydrogen (secondary N) is 1. The third kappa shape index (κ3) is 4.54. The number of hydrogen-bond donors (Lipinski definition) is 2. The minimum atomic E-state index is -0.378. The number of ether oxygens (including phenoxy) is 1. The minimum Gasteiger partial charge on any atom is -0.489 e. The van der Waals surface area contributed by atoms with E-state index in [1.807, 2.05) is 49.3 Å². The highest BCUT2D eigenvalue weighted by atomic mass is 16.5. The summed E-state index contributed by atoms with van der Waals surface area (Å²) < 4.78 is 5.88. The van der Waals surface area contributed by atoms with Gasteiger partial charge in [-0.3, -0.25) is 0 Å². The Morgan fingerprint density at radius 1 is 1.00 bits per heavy atom. The van der Waals surface area contributed by atoms with Crippen LogP contribution in [0.15, 0.2) is 66.7 Å². The van der Waals surface area contributed by atoms with Crippen LogP contribution in [-0.2, 0) is 6.61 Å². The monoisotopic (exact) mass is 426 g/mol. The van der Waals surface area contributed by atoms with Crippen molar-refractivity contribution in [3.8, 4) is 17.1 Å². The number of aromatic nitrogens is 3. The van der Waals surface area contributed by atoms with Gasteiger partial charge in [-0.15, -0.1) is 0 Å². The Labute approximate surface area is 188 Å². The maximum atomic E-state index is 9.77. The van der Waals surface area contributed by atoms with Gasteiger partial charge in [-0.2, -0.15) is 0 Å². The Morgan fingerprint density at radius 2 is 1.75 bits per heavy atom. The predicted octanol–water partition coefficient (Wildman–Crippen LogP) is 4.49. The Hall–Kier alpha value is -3.16. The van der Waals surface area contributed by atoms with Crippen LogP contribution in [0.1, 0.15) is 30.0 Å². The van der Waals surface area contributed by atoms with Gasteiger partial charge in [-0.05, 0) is 74.7 Å². The van der Waals surface area contributed by atoms with Gasteiger partial charge in [0, 0.05) is 17.2 Å². The molecular formula is C25H27BN4O2. The second kappa shape index (κ2) is 9.14. The number of benzene rings is 2. The molecule has 162 valence electrons. The van der Waals surface area contributed by atoms with Crippen LogP contribution in [0.3, 0.4) is 0 Å². The van der Waals surface area contributed by atoms with Crippen molar-refractivity contribution in [3.63, 3.8) is 0 Å². The van der Waals surface area contributed by atoms with E-state index in [1.54, 1.807) is 0 Å². The summed E-state index contributed by atoms with van der Waals surface area (Å²) in [6.45, 7) is 4.18. The van der Waals surface area contributed by atoms with Gasteiger partial charge in [-0.1, -0.05) is 30.3 Å². The highest BCUT2D eigenvalue weighted by Gasteiger charge is 2.25. The number of hydrogen-bond acceptors (Lipinski definition) is 5. The first-order valence-electron chi connectivity index (χ1n) is 11.2. The zero-order valence-corrected chi connectivity index (χ0v) is 18.2. The Bertz CT molecular complexity index is 1170. The first-order chi connectivity index (χ1) is 15.7. The van der Waals surface area contributed by atoms with Crippen LogP contribution in [0.25, 0.3) is 22.6 Å². The number of nitrogens with zero attached hydrogens (tertiary/aromatic N) is 3. The van der Waals surface area contributed by atoms with Crippen molar-refractivity contribution in [2.24, 2.45) is 0 Å². The van der Waals surface area contributed by atoms with Gasteiger partial charge < -0.3 is 19.6 Å². The van der Waals surface area contributed by atoms with Crippen molar-refractivity contribution >= 4 is 18.2 Å². The molecule has 2 aromatic heterocycles. The zero-order valence-electron chi connectivity index (χ0n) is 18.2. The van der Waals surface area contributed by atoms with Crippen LogP contribution in [0.4, 0.5) is 0 Å². The van der Waals surface area contributed by atoms with Gasteiger partial charge in [0.25, 0.3) is 0 Å². The number of aromatic amines is 1. The summed E-state index contributed by atoms with van der Waals surface area (Å²) in [5, 5.41) is 9.77. The molecule has 32 heavy (non-hydrogen) atoms. The largest absolute Gasteiger partial charge is 0.489 e. The lowest BCUT2D eigenvalue weighted by Gasteiger charge is -2.32. The van der Waals surface area contributed by atoms with Crippen molar-refractivity contribution < 1.29 is 9.76 Å². The van der Waals surface area contributed by atoms with E-state index in [2.05, 4.69) is 34.1 Å². The van der Waals surface area contributed by atoms with E-state index in [4.69, 9.17) is 14.7 Å². The van der Waals surface area contributed by atoms with Crippen LogP contribution in [0.5, 0.6) is 5.75 Å². The summed E-state index contributed by atoms with van der Waals surface area (Å²) in [4.78, 5) is 15.1. The highest BCUT2D eigenvalue weighted by molar-refractivity contribution is 6.45. The third-order valence-corrected chi connectivity index (χ3v) is 6.22. The van der Waals surface area contributed by atoms with Crippen LogP contribution in [0.2, 0.25) is 6.82 Å². The first-order valence-corrected chi connectivity index (χ1v) is 11.2. The molecule has 6 nitrogen and oxygen atoms in total. The summed E-state index contributed by atoms with van der Waals surface area (Å²) >= 11 is 0. The quantitative estimate of drug-likeness (QED) is 0.445. The Morgan fingerprint density at radius 3 is 2.47 bits per heavy atom. The number of pyridine rings is 1. The van der Waals surface area contributed by atoms with E-state index in [0.717, 1.165) is 65.5 Å². The molecule has 0 bridgehead atoms. The molecule has 0 unspecified atom stereocenters. The molecule has 1 fully saturated rings. The molecule has 4 aromatic rings. The zero-order chi connectivity index (χ0) is 21.9. The maximum Gasteiger partial charge on any atom is 0.376 e. The topological polar surface area (TPSA) is 74.3 Å². The fourth-order valence-corrected chi connectivity index (χ4v) is 4.29. The van der Waals surface area contributed by atoms with E-state index in [1.165, 1.54) is 0 Å². The summed E-state index contributed by atoms with van der Waals surface area (Å²) in [6.07, 6.45) is 2.02. The summed E-state index contributed by atoms with van der Waals surface area (Å²) in [5.41, 5.74) is 4.94. The minimum absolute atomic E-state index is 0.378. The van der Waals surface area contributed by atoms with Crippen molar-refractivity contribution in [3.05, 3.63) is 78.0 Å². The second-order valence-corrected chi connectivity index (χ2v) is 8.43. The molecule has 0 spiro atoms. The summed E-state index contributed by atoms with van der Waals surface area (Å²) in [6, 6.07) is 22.3. The van der Waals surface area contributed by atoms with Crippen LogP contribution >= 0.6 is 0 Å². The van der Waals surface area contributed by atoms with E-state index in [0.29, 0.717) is 12.5 Å². The number of imidazole rings is 1. The van der Waals surface area contributed by atoms with Gasteiger partial charge in [0.1, 0.15) is 23.7 Å². The fraction of sp³-hybridized carbons (Fsp3) is 0.280. The normalized spacial score (nSPS) is 15.2. The molecule has 0 radical (unpaired) electrons. The molecule has 0 atom stereocenters.